The number of thioether (sulfide) groups is 1. The molecule has 2 nitrogen and oxygen atoms in total. The summed E-state index contributed by atoms with van der Waals surface area (Å²) >= 11 is 2.08. The first-order chi connectivity index (χ1) is 8.61. The van der Waals surface area contributed by atoms with E-state index in [-0.39, 0.29) is 0 Å². The summed E-state index contributed by atoms with van der Waals surface area (Å²) in [4.78, 5) is 2.84. The van der Waals surface area contributed by atoms with Gasteiger partial charge in [-0.1, -0.05) is 20.3 Å². The van der Waals surface area contributed by atoms with Gasteiger partial charge in [-0.15, -0.1) is 0 Å². The molecule has 0 spiro atoms. The van der Waals surface area contributed by atoms with Crippen molar-refractivity contribution >= 4 is 11.8 Å². The minimum Gasteiger partial charge on any atom is -0.311 e. The average Bonchev–Trinajstić information content (AvgIpc) is 2.38. The Balaban J connectivity index is 2.02. The molecule has 1 N–H and O–H groups in total. The number of hydrogen-bond acceptors (Lipinski definition) is 3. The standard InChI is InChI=1S/C15H30N2S/c1-11(2)15-9-16-12(3)10-17(15)13-6-5-7-14(8-13)18-4/h11-16H,5-10H2,1-4H3. The van der Waals surface area contributed by atoms with E-state index in [1.165, 1.54) is 38.8 Å². The van der Waals surface area contributed by atoms with Crippen LogP contribution in [0.4, 0.5) is 0 Å². The van der Waals surface area contributed by atoms with Crippen LogP contribution in [0.25, 0.3) is 0 Å². The summed E-state index contributed by atoms with van der Waals surface area (Å²) in [7, 11) is 0. The lowest BCUT2D eigenvalue weighted by molar-refractivity contribution is 0.0435. The van der Waals surface area contributed by atoms with Crippen LogP contribution in [0.15, 0.2) is 0 Å². The second-order valence-corrected chi connectivity index (χ2v) is 7.63. The van der Waals surface area contributed by atoms with Gasteiger partial charge in [0.2, 0.25) is 0 Å². The van der Waals surface area contributed by atoms with Crippen molar-refractivity contribution < 1.29 is 0 Å². The van der Waals surface area contributed by atoms with Crippen LogP contribution in [0.2, 0.25) is 0 Å². The summed E-state index contributed by atoms with van der Waals surface area (Å²) in [6, 6.07) is 2.25. The van der Waals surface area contributed by atoms with Crippen molar-refractivity contribution in [2.24, 2.45) is 5.92 Å². The molecule has 2 rings (SSSR count). The highest BCUT2D eigenvalue weighted by atomic mass is 32.2. The van der Waals surface area contributed by atoms with E-state index in [1.807, 2.05) is 0 Å². The second kappa shape index (κ2) is 6.62. The van der Waals surface area contributed by atoms with Gasteiger partial charge in [0, 0.05) is 36.5 Å². The normalized spacial score (nSPS) is 39.2. The van der Waals surface area contributed by atoms with Crippen LogP contribution in [0.5, 0.6) is 0 Å². The monoisotopic (exact) mass is 270 g/mol. The van der Waals surface area contributed by atoms with E-state index in [4.69, 9.17) is 0 Å². The molecule has 4 unspecified atom stereocenters. The molecule has 106 valence electrons. The molecule has 0 radical (unpaired) electrons. The van der Waals surface area contributed by atoms with Crippen LogP contribution in [0.3, 0.4) is 0 Å². The van der Waals surface area contributed by atoms with E-state index in [2.05, 4.69) is 49.0 Å². The maximum atomic E-state index is 3.66. The lowest BCUT2D eigenvalue weighted by atomic mass is 9.89. The first-order valence-electron chi connectivity index (χ1n) is 7.63. The van der Waals surface area contributed by atoms with Crippen LogP contribution < -0.4 is 5.32 Å². The highest BCUT2D eigenvalue weighted by molar-refractivity contribution is 7.99. The molecule has 0 aromatic heterocycles. The predicted octanol–water partition coefficient (Wildman–Crippen LogP) is 2.98. The Morgan fingerprint density at radius 3 is 2.72 bits per heavy atom. The Morgan fingerprint density at radius 1 is 1.28 bits per heavy atom. The molecule has 0 aromatic carbocycles. The van der Waals surface area contributed by atoms with E-state index in [1.54, 1.807) is 0 Å². The fourth-order valence-corrected chi connectivity index (χ4v) is 4.45. The van der Waals surface area contributed by atoms with Gasteiger partial charge in [-0.2, -0.15) is 11.8 Å². The van der Waals surface area contributed by atoms with Crippen LogP contribution in [-0.2, 0) is 0 Å². The van der Waals surface area contributed by atoms with E-state index in [0.29, 0.717) is 6.04 Å². The quantitative estimate of drug-likeness (QED) is 0.849. The van der Waals surface area contributed by atoms with Crippen molar-refractivity contribution in [3.8, 4) is 0 Å². The Bertz CT molecular complexity index is 257. The Hall–Kier alpha value is 0.270. The summed E-state index contributed by atoms with van der Waals surface area (Å²) in [5, 5.41) is 4.57. The SMILES string of the molecule is CSC1CCCC(N2CC(C)NCC2C(C)C)C1. The van der Waals surface area contributed by atoms with E-state index < -0.39 is 0 Å². The largest absolute Gasteiger partial charge is 0.311 e. The molecule has 1 aliphatic heterocycles. The molecule has 1 aliphatic carbocycles. The van der Waals surface area contributed by atoms with Gasteiger partial charge in [0.25, 0.3) is 0 Å². The smallest absolute Gasteiger partial charge is 0.0247 e. The third-order valence-corrected chi connectivity index (χ3v) is 5.85. The van der Waals surface area contributed by atoms with Gasteiger partial charge >= 0.3 is 0 Å². The summed E-state index contributed by atoms with van der Waals surface area (Å²) in [6.07, 6.45) is 7.99. The fraction of sp³-hybridized carbons (Fsp3) is 1.00. The summed E-state index contributed by atoms with van der Waals surface area (Å²) in [5.74, 6) is 0.764. The zero-order valence-corrected chi connectivity index (χ0v) is 13.3. The zero-order chi connectivity index (χ0) is 13.1. The van der Waals surface area contributed by atoms with Crippen molar-refractivity contribution in [3.05, 3.63) is 0 Å². The molecule has 1 saturated heterocycles. The maximum Gasteiger partial charge on any atom is 0.0247 e. The van der Waals surface area contributed by atoms with Gasteiger partial charge in [-0.05, 0) is 38.4 Å². The predicted molar refractivity (Wildman–Crippen MR) is 82.4 cm³/mol. The molecule has 0 aromatic rings. The van der Waals surface area contributed by atoms with Gasteiger partial charge in [0.15, 0.2) is 0 Å². The Labute approximate surface area is 117 Å². The first kappa shape index (κ1) is 14.7. The summed E-state index contributed by atoms with van der Waals surface area (Å²) in [6.45, 7) is 9.51. The molecule has 18 heavy (non-hydrogen) atoms. The molecule has 3 heteroatoms. The van der Waals surface area contributed by atoms with Crippen LogP contribution in [-0.4, -0.2) is 47.6 Å². The fourth-order valence-electron chi connectivity index (χ4n) is 3.63. The molecule has 2 fully saturated rings. The number of nitrogens with zero attached hydrogens (tertiary/aromatic N) is 1. The molecule has 2 aliphatic rings. The molecule has 4 atom stereocenters. The minimum atomic E-state index is 0.662. The van der Waals surface area contributed by atoms with Gasteiger partial charge in [0.1, 0.15) is 0 Å². The molecule has 0 bridgehead atoms. The minimum absolute atomic E-state index is 0.662. The van der Waals surface area contributed by atoms with Crippen LogP contribution in [0, 0.1) is 5.92 Å². The summed E-state index contributed by atoms with van der Waals surface area (Å²) < 4.78 is 0. The number of rotatable bonds is 3. The highest BCUT2D eigenvalue weighted by Crippen LogP contribution is 2.32. The van der Waals surface area contributed by atoms with Crippen LogP contribution in [0.1, 0.15) is 46.5 Å². The third-order valence-electron chi connectivity index (χ3n) is 4.76. The van der Waals surface area contributed by atoms with E-state index in [0.717, 1.165) is 23.3 Å². The molecule has 0 amide bonds. The van der Waals surface area contributed by atoms with Crippen molar-refractivity contribution in [2.75, 3.05) is 19.3 Å². The number of hydrogen-bond donors (Lipinski definition) is 1. The lowest BCUT2D eigenvalue weighted by Crippen LogP contribution is -2.61. The maximum absolute atomic E-state index is 3.66. The highest BCUT2D eigenvalue weighted by Gasteiger charge is 2.35. The first-order valence-corrected chi connectivity index (χ1v) is 8.92. The van der Waals surface area contributed by atoms with Crippen molar-refractivity contribution in [3.63, 3.8) is 0 Å². The number of nitrogens with one attached hydrogen (secondary N) is 1. The van der Waals surface area contributed by atoms with Crippen molar-refractivity contribution in [2.45, 2.75) is 69.8 Å². The topological polar surface area (TPSA) is 15.3 Å². The summed E-state index contributed by atoms with van der Waals surface area (Å²) in [5.41, 5.74) is 0. The van der Waals surface area contributed by atoms with E-state index >= 15 is 0 Å². The van der Waals surface area contributed by atoms with Crippen molar-refractivity contribution in [1.82, 2.24) is 10.2 Å². The lowest BCUT2D eigenvalue weighted by Gasteiger charge is -2.48. The third kappa shape index (κ3) is 3.43. The van der Waals surface area contributed by atoms with Gasteiger partial charge in [-0.25, -0.2) is 0 Å². The molecular weight excluding hydrogens is 240 g/mol. The average molecular weight is 270 g/mol. The molecular formula is C15H30N2S. The Morgan fingerprint density at radius 2 is 2.06 bits per heavy atom. The van der Waals surface area contributed by atoms with Crippen molar-refractivity contribution in [1.29, 1.82) is 0 Å². The zero-order valence-electron chi connectivity index (χ0n) is 12.5. The Kier molecular flexibility index (Phi) is 5.40. The van der Waals surface area contributed by atoms with Gasteiger partial charge in [0.05, 0.1) is 0 Å². The van der Waals surface area contributed by atoms with Gasteiger partial charge < -0.3 is 5.32 Å². The molecule has 1 heterocycles. The second-order valence-electron chi connectivity index (χ2n) is 6.50. The van der Waals surface area contributed by atoms with E-state index in [9.17, 15) is 0 Å². The van der Waals surface area contributed by atoms with Gasteiger partial charge in [-0.3, -0.25) is 4.90 Å². The molecule has 1 saturated carbocycles. The number of piperazine rings is 1. The van der Waals surface area contributed by atoms with Crippen LogP contribution >= 0.6 is 11.8 Å².